The molecule has 7 atom stereocenters. The van der Waals surface area contributed by atoms with Crippen LogP contribution in [0.15, 0.2) is 0 Å². The average Bonchev–Trinajstić information content (AvgIpc) is 2.67. The zero-order valence-corrected chi connectivity index (χ0v) is 12.3. The Morgan fingerprint density at radius 2 is 0.875 bits per heavy atom. The van der Waals surface area contributed by atoms with Crippen molar-refractivity contribution in [2.45, 2.75) is 70.4 Å². The highest BCUT2D eigenvalue weighted by molar-refractivity contribution is 7.99. The third-order valence-corrected chi connectivity index (χ3v) is 10.2. The van der Waals surface area contributed by atoms with Gasteiger partial charge < -0.3 is 0 Å². The lowest BCUT2D eigenvalue weighted by molar-refractivity contribution is 0.548. The molecule has 0 aromatic heterocycles. The number of rotatable bonds is 0. The zero-order valence-electron chi connectivity index (χ0n) is 9.25. The third kappa shape index (κ3) is 1.90. The van der Waals surface area contributed by atoms with Crippen molar-refractivity contribution in [2.24, 2.45) is 0 Å². The van der Waals surface area contributed by atoms with Gasteiger partial charge in [0.25, 0.3) is 0 Å². The molecular weight excluding hydrogens is 283 g/mol. The van der Waals surface area contributed by atoms with Gasteiger partial charge in [0.1, 0.15) is 15.7 Å². The molecule has 0 radical (unpaired) electrons. The summed E-state index contributed by atoms with van der Waals surface area (Å²) in [6, 6.07) is 0. The number of alkyl halides is 3. The predicted octanol–water partition coefficient (Wildman–Crippen LogP) is 3.91. The van der Waals surface area contributed by atoms with Gasteiger partial charge in [0.2, 0.25) is 0 Å². The molecule has 0 aliphatic carbocycles. The van der Waals surface area contributed by atoms with Crippen molar-refractivity contribution in [3.05, 3.63) is 0 Å². The van der Waals surface area contributed by atoms with Crippen molar-refractivity contribution in [2.75, 3.05) is 0 Å². The molecule has 0 spiro atoms. The fourth-order valence-corrected chi connectivity index (χ4v) is 9.49. The molecule has 3 heterocycles. The fraction of sp³-hybridized carbons (Fsp3) is 1.00. The standard InChI is InChI=1S/C12H18Cl3S/c13-7-1-2-8(14)11-5-6-12-9(15)3-4-10(7)16(11)12/h7-12H,1-6H2/q+1/t7-,8-,9+,10+,11-,12-,16?/m0/s1. The lowest BCUT2D eigenvalue weighted by atomic mass is 10.00. The Morgan fingerprint density at radius 1 is 0.562 bits per heavy atom. The summed E-state index contributed by atoms with van der Waals surface area (Å²) in [5.41, 5.74) is 0. The summed E-state index contributed by atoms with van der Waals surface area (Å²) < 4.78 is 0. The maximum absolute atomic E-state index is 6.57. The predicted molar refractivity (Wildman–Crippen MR) is 75.4 cm³/mol. The van der Waals surface area contributed by atoms with E-state index in [-0.39, 0.29) is 0 Å². The highest BCUT2D eigenvalue weighted by Gasteiger charge is 2.59. The molecule has 3 fully saturated rings. The van der Waals surface area contributed by atoms with E-state index in [9.17, 15) is 0 Å². The van der Waals surface area contributed by atoms with Crippen molar-refractivity contribution < 1.29 is 0 Å². The van der Waals surface area contributed by atoms with Gasteiger partial charge in [-0.3, -0.25) is 0 Å². The van der Waals surface area contributed by atoms with Crippen LogP contribution < -0.4 is 0 Å². The van der Waals surface area contributed by atoms with Gasteiger partial charge in [0.15, 0.2) is 0 Å². The van der Waals surface area contributed by atoms with Gasteiger partial charge in [0, 0.05) is 23.7 Å². The van der Waals surface area contributed by atoms with Crippen LogP contribution >= 0.6 is 34.8 Å². The van der Waals surface area contributed by atoms with E-state index >= 15 is 0 Å². The Balaban J connectivity index is 1.91. The molecule has 4 heteroatoms. The molecule has 0 aromatic rings. The molecule has 0 saturated carbocycles. The summed E-state index contributed by atoms with van der Waals surface area (Å²) in [6.07, 6.45) is 7.22. The minimum atomic E-state index is 0.361. The molecule has 0 bridgehead atoms. The molecule has 3 aliphatic rings. The van der Waals surface area contributed by atoms with Gasteiger partial charge in [-0.25, -0.2) is 0 Å². The Bertz CT molecular complexity index is 273. The van der Waals surface area contributed by atoms with E-state index in [1.165, 1.54) is 25.7 Å². The largest absolute Gasteiger partial charge is 0.135 e. The quantitative estimate of drug-likeness (QED) is 0.470. The van der Waals surface area contributed by atoms with Gasteiger partial charge in [-0.1, -0.05) is 0 Å². The Kier molecular flexibility index (Phi) is 3.62. The van der Waals surface area contributed by atoms with Crippen LogP contribution in [0.2, 0.25) is 0 Å². The van der Waals surface area contributed by atoms with Gasteiger partial charge in [0.05, 0.1) is 16.1 Å². The smallest absolute Gasteiger partial charge is 0.118 e. The summed E-state index contributed by atoms with van der Waals surface area (Å²) in [4.78, 5) is 0. The molecular formula is C12H18Cl3S+. The normalized spacial score (nSPS) is 56.8. The minimum absolute atomic E-state index is 0.361. The van der Waals surface area contributed by atoms with E-state index in [2.05, 4.69) is 0 Å². The Labute approximate surface area is 116 Å². The summed E-state index contributed by atoms with van der Waals surface area (Å²) in [6.45, 7) is 0. The molecule has 0 aromatic carbocycles. The summed E-state index contributed by atoms with van der Waals surface area (Å²) in [5, 5.41) is 3.29. The maximum Gasteiger partial charge on any atom is 0.135 e. The summed E-state index contributed by atoms with van der Waals surface area (Å²) in [7, 11) is 0.416. The second kappa shape index (κ2) is 4.72. The van der Waals surface area contributed by atoms with Crippen LogP contribution in [0.5, 0.6) is 0 Å². The van der Waals surface area contributed by atoms with Crippen LogP contribution in [0.3, 0.4) is 0 Å². The van der Waals surface area contributed by atoms with E-state index in [1.807, 2.05) is 0 Å². The van der Waals surface area contributed by atoms with Crippen molar-refractivity contribution in [1.82, 2.24) is 0 Å². The van der Waals surface area contributed by atoms with E-state index in [1.54, 1.807) is 0 Å². The molecule has 0 amide bonds. The summed E-state index contributed by atoms with van der Waals surface area (Å²) >= 11 is 19.6. The molecule has 0 nitrogen and oxygen atoms in total. The van der Waals surface area contributed by atoms with Crippen LogP contribution in [-0.2, 0) is 10.9 Å². The summed E-state index contributed by atoms with van der Waals surface area (Å²) in [5.74, 6) is 0. The molecule has 3 aliphatic heterocycles. The van der Waals surface area contributed by atoms with Crippen LogP contribution in [0, 0.1) is 0 Å². The zero-order chi connectivity index (χ0) is 11.3. The molecule has 3 saturated heterocycles. The molecule has 92 valence electrons. The first-order valence-electron chi connectivity index (χ1n) is 6.31. The number of halogens is 3. The Hall–Kier alpha value is 1.22. The van der Waals surface area contributed by atoms with Crippen LogP contribution in [0.4, 0.5) is 0 Å². The van der Waals surface area contributed by atoms with Crippen molar-refractivity contribution in [3.63, 3.8) is 0 Å². The minimum Gasteiger partial charge on any atom is -0.118 e. The lowest BCUT2D eigenvalue weighted by Crippen LogP contribution is -2.47. The van der Waals surface area contributed by atoms with Crippen molar-refractivity contribution in [1.29, 1.82) is 0 Å². The van der Waals surface area contributed by atoms with Gasteiger partial charge in [-0.2, -0.15) is 0 Å². The van der Waals surface area contributed by atoms with Crippen LogP contribution in [0.1, 0.15) is 38.5 Å². The maximum atomic E-state index is 6.57. The lowest BCUT2D eigenvalue weighted by Gasteiger charge is -2.32. The highest BCUT2D eigenvalue weighted by atomic mass is 35.5. The van der Waals surface area contributed by atoms with Gasteiger partial charge in [-0.15, -0.1) is 34.8 Å². The molecule has 0 N–H and O–H groups in total. The van der Waals surface area contributed by atoms with Crippen molar-refractivity contribution >= 4 is 45.7 Å². The second-order valence-corrected chi connectivity index (χ2v) is 9.62. The monoisotopic (exact) mass is 299 g/mol. The first-order valence-corrected chi connectivity index (χ1v) is 9.03. The van der Waals surface area contributed by atoms with E-state index in [0.29, 0.717) is 27.0 Å². The topological polar surface area (TPSA) is 0 Å². The van der Waals surface area contributed by atoms with Crippen molar-refractivity contribution in [3.8, 4) is 0 Å². The molecule has 16 heavy (non-hydrogen) atoms. The molecule has 1 unspecified atom stereocenters. The SMILES string of the molecule is Cl[C@@H]1CC[C@@H]2[C@@H](Cl)CC[C@H](Cl)[C@@H]3CC[C@@H]1[S+]23. The highest BCUT2D eigenvalue weighted by Crippen LogP contribution is 2.49. The van der Waals surface area contributed by atoms with Crippen LogP contribution in [-0.4, -0.2) is 31.9 Å². The molecule has 3 rings (SSSR count). The third-order valence-electron chi connectivity index (χ3n) is 4.44. The van der Waals surface area contributed by atoms with E-state index in [0.717, 1.165) is 28.6 Å². The van der Waals surface area contributed by atoms with Gasteiger partial charge in [-0.05, 0) is 25.7 Å². The second-order valence-electron chi connectivity index (χ2n) is 5.30. The number of hydrogen-bond acceptors (Lipinski definition) is 0. The van der Waals surface area contributed by atoms with E-state index < -0.39 is 0 Å². The first-order chi connectivity index (χ1) is 7.68. The van der Waals surface area contributed by atoms with Gasteiger partial charge >= 0.3 is 0 Å². The first kappa shape index (κ1) is 12.3. The fourth-order valence-electron chi connectivity index (χ4n) is 3.66. The van der Waals surface area contributed by atoms with Crippen LogP contribution in [0.25, 0.3) is 0 Å². The van der Waals surface area contributed by atoms with E-state index in [4.69, 9.17) is 34.8 Å². The number of hydrogen-bond donors (Lipinski definition) is 0. The Morgan fingerprint density at radius 3 is 1.31 bits per heavy atom. The average molecular weight is 301 g/mol.